The Balaban J connectivity index is 1.77. The summed E-state index contributed by atoms with van der Waals surface area (Å²) in [5.74, 6) is -0.0282. The van der Waals surface area contributed by atoms with Crippen molar-refractivity contribution in [2.75, 3.05) is 24.7 Å². The van der Waals surface area contributed by atoms with Crippen LogP contribution in [-0.4, -0.2) is 34.2 Å². The van der Waals surface area contributed by atoms with E-state index in [9.17, 15) is 36.9 Å². The number of nitrogens with zero attached hydrogens (tertiary/aromatic N) is 3. The van der Waals surface area contributed by atoms with Gasteiger partial charge in [-0.15, -0.1) is 0 Å². The Morgan fingerprint density at radius 3 is 2.58 bits per heavy atom. The highest BCUT2D eigenvalue weighted by Gasteiger charge is 2.37. The van der Waals surface area contributed by atoms with Gasteiger partial charge in [0.1, 0.15) is 0 Å². The Labute approximate surface area is 217 Å². The number of nitrogens with one attached hydrogen (secondary N) is 2. The van der Waals surface area contributed by atoms with Gasteiger partial charge < -0.3 is 10.1 Å². The molecule has 0 bridgehead atoms. The average molecular weight is 546 g/mol. The maximum Gasteiger partial charge on any atom is 0.416 e. The van der Waals surface area contributed by atoms with Crippen LogP contribution in [0.4, 0.5) is 23.7 Å². The van der Waals surface area contributed by atoms with E-state index in [1.54, 1.807) is 0 Å². The van der Waals surface area contributed by atoms with Crippen LogP contribution in [0.5, 0.6) is 0 Å². The molecule has 2 aromatic rings. The SMILES string of the molecule is CC1=C(C#N)C(c2ccc(C#N)cc2S(=O)(=O)NCC2CCOC2)NC(=O)N1c1cccc(C(F)(F)F)c1. The molecule has 198 valence electrons. The number of anilines is 1. The molecule has 2 heterocycles. The van der Waals surface area contributed by atoms with E-state index < -0.39 is 33.8 Å². The molecule has 2 N–H and O–H groups in total. The predicted octanol–water partition coefficient (Wildman–Crippen LogP) is 3.96. The van der Waals surface area contributed by atoms with Gasteiger partial charge in [-0.2, -0.15) is 23.7 Å². The smallest absolute Gasteiger partial charge is 0.381 e. The summed E-state index contributed by atoms with van der Waals surface area (Å²) in [6, 6.07) is 9.67. The van der Waals surface area contributed by atoms with E-state index >= 15 is 0 Å². The van der Waals surface area contributed by atoms with Crippen molar-refractivity contribution >= 4 is 21.7 Å². The summed E-state index contributed by atoms with van der Waals surface area (Å²) >= 11 is 0. The number of hydrogen-bond acceptors (Lipinski definition) is 6. The fourth-order valence-electron chi connectivity index (χ4n) is 4.38. The van der Waals surface area contributed by atoms with Crippen LogP contribution in [0.25, 0.3) is 0 Å². The largest absolute Gasteiger partial charge is 0.416 e. The van der Waals surface area contributed by atoms with E-state index in [0.717, 1.165) is 29.2 Å². The summed E-state index contributed by atoms with van der Waals surface area (Å²) < 4.78 is 74.2. The molecular formula is C25H22F3N5O4S. The van der Waals surface area contributed by atoms with E-state index in [4.69, 9.17) is 4.74 Å². The van der Waals surface area contributed by atoms with Crippen LogP contribution in [0.3, 0.4) is 0 Å². The Morgan fingerprint density at radius 2 is 1.95 bits per heavy atom. The number of carbonyl (C=O) groups is 1. The van der Waals surface area contributed by atoms with E-state index in [1.165, 1.54) is 25.1 Å². The number of rotatable bonds is 6. The Bertz CT molecular complexity index is 1490. The zero-order chi connectivity index (χ0) is 27.7. The molecular weight excluding hydrogens is 523 g/mol. The van der Waals surface area contributed by atoms with Crippen molar-refractivity contribution in [3.63, 3.8) is 0 Å². The first-order valence-electron chi connectivity index (χ1n) is 11.5. The van der Waals surface area contributed by atoms with Gasteiger partial charge in [0.25, 0.3) is 0 Å². The number of ether oxygens (including phenoxy) is 1. The fraction of sp³-hybridized carbons (Fsp3) is 0.320. The van der Waals surface area contributed by atoms with Gasteiger partial charge in [-0.05, 0) is 55.2 Å². The molecule has 0 saturated carbocycles. The van der Waals surface area contributed by atoms with Gasteiger partial charge in [0, 0.05) is 18.8 Å². The predicted molar refractivity (Wildman–Crippen MR) is 129 cm³/mol. The maximum atomic E-state index is 13.3. The van der Waals surface area contributed by atoms with Gasteiger partial charge >= 0.3 is 12.2 Å². The van der Waals surface area contributed by atoms with Crippen molar-refractivity contribution < 1.29 is 31.1 Å². The van der Waals surface area contributed by atoms with Crippen LogP contribution < -0.4 is 14.9 Å². The van der Waals surface area contributed by atoms with Crippen molar-refractivity contribution in [1.29, 1.82) is 10.5 Å². The van der Waals surface area contributed by atoms with Crippen LogP contribution in [0.1, 0.15) is 36.1 Å². The Kier molecular flexibility index (Phi) is 7.47. The van der Waals surface area contributed by atoms with Crippen LogP contribution in [0, 0.1) is 28.6 Å². The molecule has 0 spiro atoms. The molecule has 2 aliphatic heterocycles. The number of nitriles is 2. The van der Waals surface area contributed by atoms with Crippen LogP contribution in [0.15, 0.2) is 58.6 Å². The van der Waals surface area contributed by atoms with Gasteiger partial charge in [0.2, 0.25) is 10.0 Å². The molecule has 4 rings (SSSR count). The third-order valence-corrected chi connectivity index (χ3v) is 7.85. The second kappa shape index (κ2) is 10.5. The highest BCUT2D eigenvalue weighted by atomic mass is 32.2. The molecule has 1 fully saturated rings. The molecule has 0 radical (unpaired) electrons. The van der Waals surface area contributed by atoms with Gasteiger partial charge in [0.05, 0.1) is 52.1 Å². The van der Waals surface area contributed by atoms with Gasteiger partial charge in [-0.3, -0.25) is 4.90 Å². The minimum atomic E-state index is -4.65. The van der Waals surface area contributed by atoms with Gasteiger partial charge in [0.15, 0.2) is 0 Å². The monoisotopic (exact) mass is 545 g/mol. The minimum Gasteiger partial charge on any atom is -0.381 e. The molecule has 2 amide bonds. The van der Waals surface area contributed by atoms with Crippen molar-refractivity contribution in [3.8, 4) is 12.1 Å². The Morgan fingerprint density at radius 1 is 1.18 bits per heavy atom. The number of alkyl halides is 3. The number of urea groups is 1. The van der Waals surface area contributed by atoms with Crippen molar-refractivity contribution in [2.45, 2.75) is 30.5 Å². The van der Waals surface area contributed by atoms with Crippen molar-refractivity contribution in [2.24, 2.45) is 5.92 Å². The summed E-state index contributed by atoms with van der Waals surface area (Å²) in [6.45, 7) is 2.41. The number of halogens is 3. The number of benzene rings is 2. The van der Waals surface area contributed by atoms with Crippen LogP contribution in [-0.2, 0) is 20.9 Å². The average Bonchev–Trinajstić information content (AvgIpc) is 3.40. The standard InChI is InChI=1S/C25H22F3N5O4S/c1-15-21(12-30)23(32-24(34)33(15)19-4-2-3-18(10-19)25(26,27)28)20-6-5-16(11-29)9-22(20)38(35,36)31-13-17-7-8-37-14-17/h2-6,9-10,17,23,31H,7-8,13-14H2,1H3,(H,32,34). The van der Waals surface area contributed by atoms with Gasteiger partial charge in [-0.25, -0.2) is 17.9 Å². The lowest BCUT2D eigenvalue weighted by Crippen LogP contribution is -2.47. The second-order valence-corrected chi connectivity index (χ2v) is 10.6. The van der Waals surface area contributed by atoms with Gasteiger partial charge in [-0.1, -0.05) is 12.1 Å². The number of sulfonamides is 1. The summed E-state index contributed by atoms with van der Waals surface area (Å²) in [5, 5.41) is 21.9. The quantitative estimate of drug-likeness (QED) is 0.564. The highest BCUT2D eigenvalue weighted by molar-refractivity contribution is 7.89. The van der Waals surface area contributed by atoms with E-state index in [2.05, 4.69) is 10.0 Å². The Hall–Kier alpha value is -3.91. The fourth-order valence-corrected chi connectivity index (χ4v) is 5.77. The number of allylic oxidation sites excluding steroid dienone is 1. The molecule has 2 atom stereocenters. The summed E-state index contributed by atoms with van der Waals surface area (Å²) in [5.41, 5.74) is -1.06. The maximum absolute atomic E-state index is 13.3. The zero-order valence-corrected chi connectivity index (χ0v) is 20.9. The third kappa shape index (κ3) is 5.36. The minimum absolute atomic E-state index is 0.0282. The molecule has 2 aromatic carbocycles. The second-order valence-electron chi connectivity index (χ2n) is 8.82. The molecule has 2 aliphatic rings. The van der Waals surface area contributed by atoms with Crippen LogP contribution in [0.2, 0.25) is 0 Å². The topological polar surface area (TPSA) is 135 Å². The zero-order valence-electron chi connectivity index (χ0n) is 20.0. The molecule has 0 aliphatic carbocycles. The third-order valence-electron chi connectivity index (χ3n) is 6.37. The summed E-state index contributed by atoms with van der Waals surface area (Å²) in [4.78, 5) is 13.8. The number of amides is 2. The lowest BCUT2D eigenvalue weighted by molar-refractivity contribution is -0.137. The first-order chi connectivity index (χ1) is 18.0. The lowest BCUT2D eigenvalue weighted by atomic mass is 9.94. The molecule has 38 heavy (non-hydrogen) atoms. The molecule has 1 saturated heterocycles. The first-order valence-corrected chi connectivity index (χ1v) is 12.9. The van der Waals surface area contributed by atoms with Crippen molar-refractivity contribution in [1.82, 2.24) is 10.0 Å². The van der Waals surface area contributed by atoms with E-state index in [-0.39, 0.29) is 45.4 Å². The van der Waals surface area contributed by atoms with E-state index in [0.29, 0.717) is 19.6 Å². The number of hydrogen-bond donors (Lipinski definition) is 2. The molecule has 9 nitrogen and oxygen atoms in total. The first kappa shape index (κ1) is 27.1. The van der Waals surface area contributed by atoms with Crippen LogP contribution >= 0.6 is 0 Å². The lowest BCUT2D eigenvalue weighted by Gasteiger charge is -2.34. The molecule has 0 aromatic heterocycles. The molecule has 13 heteroatoms. The van der Waals surface area contributed by atoms with E-state index in [1.807, 2.05) is 12.1 Å². The van der Waals surface area contributed by atoms with Crippen molar-refractivity contribution in [3.05, 3.63) is 70.4 Å². The number of carbonyl (C=O) groups excluding carboxylic acids is 1. The summed E-state index contributed by atoms with van der Waals surface area (Å²) in [6.07, 6.45) is -3.97. The molecule has 2 unspecified atom stereocenters. The summed E-state index contributed by atoms with van der Waals surface area (Å²) in [7, 11) is -4.19. The normalized spacial score (nSPS) is 20.2. The highest BCUT2D eigenvalue weighted by Crippen LogP contribution is 2.38.